The van der Waals surface area contributed by atoms with Crippen molar-refractivity contribution < 1.29 is 14.3 Å². The van der Waals surface area contributed by atoms with Gasteiger partial charge in [0.25, 0.3) is 0 Å². The van der Waals surface area contributed by atoms with E-state index < -0.39 is 0 Å². The maximum atomic E-state index is 13.4. The molecule has 2 atom stereocenters. The molecule has 0 radical (unpaired) electrons. The SMILES string of the molecule is COc1ccc(OC)c(CN(C(=O)[C@@H]2C[C@H](N)CN2C)C2CCCC2)c1. The molecule has 2 fully saturated rings. The fraction of sp³-hybridized carbons (Fsp3) is 0.650. The van der Waals surface area contributed by atoms with Gasteiger partial charge in [-0.05, 0) is 44.5 Å². The minimum Gasteiger partial charge on any atom is -0.497 e. The van der Waals surface area contributed by atoms with E-state index in [9.17, 15) is 4.79 Å². The summed E-state index contributed by atoms with van der Waals surface area (Å²) in [6.45, 7) is 1.32. The van der Waals surface area contributed by atoms with Gasteiger partial charge in [-0.15, -0.1) is 0 Å². The van der Waals surface area contributed by atoms with Gasteiger partial charge in [0.2, 0.25) is 5.91 Å². The van der Waals surface area contributed by atoms with E-state index in [1.165, 1.54) is 12.8 Å². The van der Waals surface area contributed by atoms with Crippen molar-refractivity contribution in [2.75, 3.05) is 27.8 Å². The monoisotopic (exact) mass is 361 g/mol. The highest BCUT2D eigenvalue weighted by atomic mass is 16.5. The van der Waals surface area contributed by atoms with Crippen LogP contribution in [0.5, 0.6) is 11.5 Å². The van der Waals surface area contributed by atoms with Gasteiger partial charge in [-0.3, -0.25) is 9.69 Å². The highest BCUT2D eigenvalue weighted by Crippen LogP contribution is 2.31. The number of methoxy groups -OCH3 is 2. The zero-order chi connectivity index (χ0) is 18.7. The van der Waals surface area contributed by atoms with E-state index in [1.807, 2.05) is 25.2 Å². The molecule has 3 rings (SSSR count). The lowest BCUT2D eigenvalue weighted by Crippen LogP contribution is -2.47. The molecule has 1 aliphatic heterocycles. The van der Waals surface area contributed by atoms with Crippen molar-refractivity contribution >= 4 is 5.91 Å². The number of hydrogen-bond acceptors (Lipinski definition) is 5. The zero-order valence-corrected chi connectivity index (χ0v) is 16.1. The van der Waals surface area contributed by atoms with Gasteiger partial charge in [0.1, 0.15) is 11.5 Å². The molecule has 0 bridgehead atoms. The van der Waals surface area contributed by atoms with E-state index in [0.717, 1.165) is 42.9 Å². The first-order valence-corrected chi connectivity index (χ1v) is 9.50. The predicted molar refractivity (Wildman–Crippen MR) is 101 cm³/mol. The first-order valence-electron chi connectivity index (χ1n) is 9.50. The van der Waals surface area contributed by atoms with Gasteiger partial charge in [0.15, 0.2) is 0 Å². The number of ether oxygens (including phenoxy) is 2. The van der Waals surface area contributed by atoms with Crippen LogP contribution in [0.1, 0.15) is 37.7 Å². The highest BCUT2D eigenvalue weighted by molar-refractivity contribution is 5.82. The summed E-state index contributed by atoms with van der Waals surface area (Å²) in [5.41, 5.74) is 7.08. The van der Waals surface area contributed by atoms with E-state index in [0.29, 0.717) is 12.6 Å². The second-order valence-corrected chi connectivity index (χ2v) is 7.53. The number of carbonyl (C=O) groups is 1. The largest absolute Gasteiger partial charge is 0.497 e. The van der Waals surface area contributed by atoms with Crippen LogP contribution in [0.15, 0.2) is 18.2 Å². The smallest absolute Gasteiger partial charge is 0.240 e. The number of amides is 1. The van der Waals surface area contributed by atoms with Gasteiger partial charge in [0, 0.05) is 30.7 Å². The second kappa shape index (κ2) is 8.27. The molecule has 0 unspecified atom stereocenters. The number of rotatable bonds is 6. The maximum absolute atomic E-state index is 13.4. The third kappa shape index (κ3) is 3.96. The lowest BCUT2D eigenvalue weighted by Gasteiger charge is -2.33. The Morgan fingerprint density at radius 2 is 2.00 bits per heavy atom. The maximum Gasteiger partial charge on any atom is 0.240 e. The summed E-state index contributed by atoms with van der Waals surface area (Å²) in [5, 5.41) is 0. The van der Waals surface area contributed by atoms with E-state index in [2.05, 4.69) is 9.80 Å². The van der Waals surface area contributed by atoms with Crippen molar-refractivity contribution in [1.29, 1.82) is 0 Å². The molecule has 0 spiro atoms. The number of benzene rings is 1. The van der Waals surface area contributed by atoms with Gasteiger partial charge in [-0.2, -0.15) is 0 Å². The number of nitrogens with zero attached hydrogens (tertiary/aromatic N) is 2. The van der Waals surface area contributed by atoms with Crippen molar-refractivity contribution in [3.05, 3.63) is 23.8 Å². The second-order valence-electron chi connectivity index (χ2n) is 7.53. The summed E-state index contributed by atoms with van der Waals surface area (Å²) in [4.78, 5) is 17.6. The van der Waals surface area contributed by atoms with Crippen LogP contribution in [0.4, 0.5) is 0 Å². The first kappa shape index (κ1) is 19.0. The summed E-state index contributed by atoms with van der Waals surface area (Å²) in [6, 6.07) is 6.01. The predicted octanol–water partition coefficient (Wildman–Crippen LogP) is 2.01. The molecule has 26 heavy (non-hydrogen) atoms. The van der Waals surface area contributed by atoms with E-state index in [-0.39, 0.29) is 18.0 Å². The number of hydrogen-bond donors (Lipinski definition) is 1. The molecule has 0 aromatic heterocycles. The molecule has 1 saturated heterocycles. The lowest BCUT2D eigenvalue weighted by atomic mass is 10.1. The standard InChI is InChI=1S/C20H31N3O3/c1-22-13-15(21)11-18(22)20(24)23(16-6-4-5-7-16)12-14-10-17(25-2)8-9-19(14)26-3/h8-10,15-16,18H,4-7,11-13,21H2,1-3H3/t15-,18-/m0/s1. The molecule has 1 amide bonds. The van der Waals surface area contributed by atoms with Gasteiger partial charge >= 0.3 is 0 Å². The summed E-state index contributed by atoms with van der Waals surface area (Å²) in [6.07, 6.45) is 5.24. The van der Waals surface area contributed by atoms with Crippen LogP contribution in [0.2, 0.25) is 0 Å². The van der Waals surface area contributed by atoms with Crippen LogP contribution < -0.4 is 15.2 Å². The normalized spacial score (nSPS) is 24.0. The topological polar surface area (TPSA) is 68.0 Å². The Labute approximate surface area is 156 Å². The third-order valence-electron chi connectivity index (χ3n) is 5.74. The van der Waals surface area contributed by atoms with Crippen molar-refractivity contribution in [1.82, 2.24) is 9.80 Å². The van der Waals surface area contributed by atoms with Crippen LogP contribution in [0.3, 0.4) is 0 Å². The Hall–Kier alpha value is -1.79. The van der Waals surface area contributed by atoms with Gasteiger partial charge in [-0.1, -0.05) is 12.8 Å². The molecule has 6 heteroatoms. The van der Waals surface area contributed by atoms with Crippen LogP contribution in [0.25, 0.3) is 0 Å². The molecule has 1 aromatic rings. The quantitative estimate of drug-likeness (QED) is 0.839. The number of likely N-dealkylation sites (tertiary alicyclic amines) is 1. The van der Waals surface area contributed by atoms with Gasteiger partial charge < -0.3 is 20.1 Å². The van der Waals surface area contributed by atoms with Crippen LogP contribution in [-0.4, -0.2) is 61.6 Å². The Kier molecular flexibility index (Phi) is 6.04. The Balaban J connectivity index is 1.86. The van der Waals surface area contributed by atoms with Gasteiger partial charge in [0.05, 0.1) is 20.3 Å². The minimum absolute atomic E-state index is 0.0748. The number of likely N-dealkylation sites (N-methyl/N-ethyl adjacent to an activating group) is 1. The number of carbonyl (C=O) groups excluding carboxylic acids is 1. The van der Waals surface area contributed by atoms with Crippen molar-refractivity contribution in [2.45, 2.75) is 56.8 Å². The third-order valence-corrected chi connectivity index (χ3v) is 5.74. The summed E-state index contributed by atoms with van der Waals surface area (Å²) in [7, 11) is 5.31. The molecule has 2 aliphatic rings. The molecule has 1 aromatic carbocycles. The van der Waals surface area contributed by atoms with Crippen molar-refractivity contribution in [3.63, 3.8) is 0 Å². The highest BCUT2D eigenvalue weighted by Gasteiger charge is 2.38. The Morgan fingerprint density at radius 3 is 2.58 bits per heavy atom. The van der Waals surface area contributed by atoms with E-state index in [1.54, 1.807) is 14.2 Å². The van der Waals surface area contributed by atoms with Crippen molar-refractivity contribution in [3.8, 4) is 11.5 Å². The molecule has 1 aliphatic carbocycles. The fourth-order valence-electron chi connectivity index (χ4n) is 4.31. The molecule has 1 heterocycles. The number of nitrogens with two attached hydrogens (primary N) is 1. The molecule has 144 valence electrons. The molecular formula is C20H31N3O3. The molecule has 6 nitrogen and oxygen atoms in total. The van der Waals surface area contributed by atoms with E-state index >= 15 is 0 Å². The average molecular weight is 361 g/mol. The average Bonchev–Trinajstić information content (AvgIpc) is 3.28. The first-order chi connectivity index (χ1) is 12.5. The van der Waals surface area contributed by atoms with Crippen LogP contribution >= 0.6 is 0 Å². The fourth-order valence-corrected chi connectivity index (χ4v) is 4.31. The summed E-state index contributed by atoms with van der Waals surface area (Å²) in [5.74, 6) is 1.76. The Bertz CT molecular complexity index is 631. The lowest BCUT2D eigenvalue weighted by molar-refractivity contribution is -0.138. The summed E-state index contributed by atoms with van der Waals surface area (Å²) < 4.78 is 10.9. The summed E-state index contributed by atoms with van der Waals surface area (Å²) >= 11 is 0. The zero-order valence-electron chi connectivity index (χ0n) is 16.1. The van der Waals surface area contributed by atoms with Crippen LogP contribution in [0, 0.1) is 0 Å². The van der Waals surface area contributed by atoms with E-state index in [4.69, 9.17) is 15.2 Å². The molecule has 2 N–H and O–H groups in total. The van der Waals surface area contributed by atoms with Crippen LogP contribution in [-0.2, 0) is 11.3 Å². The Morgan fingerprint density at radius 1 is 1.27 bits per heavy atom. The van der Waals surface area contributed by atoms with Gasteiger partial charge in [-0.25, -0.2) is 0 Å². The molecule has 1 saturated carbocycles. The minimum atomic E-state index is -0.123. The molecular weight excluding hydrogens is 330 g/mol. The van der Waals surface area contributed by atoms with Crippen molar-refractivity contribution in [2.24, 2.45) is 5.73 Å².